The number of unbranched alkanes of at least 4 members (excludes halogenated alkanes) is 3. The number of rotatable bonds is 20. The van der Waals surface area contributed by atoms with Crippen LogP contribution in [-0.2, 0) is 14.2 Å². The van der Waals surface area contributed by atoms with E-state index in [1.54, 1.807) is 0 Å². The molecule has 1 N–H and O–H groups in total. The zero-order chi connectivity index (χ0) is 24.1. The van der Waals surface area contributed by atoms with E-state index in [1.165, 1.54) is 19.3 Å². The average molecular weight is 475 g/mol. The highest BCUT2D eigenvalue weighted by Crippen LogP contribution is 2.23. The molecule has 188 valence electrons. The third kappa shape index (κ3) is 13.3. The molecule has 0 aliphatic rings. The van der Waals surface area contributed by atoms with E-state index in [-0.39, 0.29) is 6.61 Å². The van der Waals surface area contributed by atoms with Crippen LogP contribution in [0.2, 0.25) is 0 Å². The van der Waals surface area contributed by atoms with Crippen molar-refractivity contribution in [2.75, 3.05) is 59.5 Å². The molecule has 2 aromatic rings. The molecular formula is C26H38N2O6. The van der Waals surface area contributed by atoms with Crippen molar-refractivity contribution >= 4 is 11.4 Å². The van der Waals surface area contributed by atoms with Crippen LogP contribution in [0.4, 0.5) is 11.4 Å². The maximum atomic E-state index is 8.59. The molecule has 8 heteroatoms. The predicted molar refractivity (Wildman–Crippen MR) is 132 cm³/mol. The summed E-state index contributed by atoms with van der Waals surface area (Å²) in [4.78, 5) is 0. The number of hydrogen-bond donors (Lipinski definition) is 1. The van der Waals surface area contributed by atoms with Gasteiger partial charge in [-0.05, 0) is 55.0 Å². The third-order valence-electron chi connectivity index (χ3n) is 4.70. The van der Waals surface area contributed by atoms with Crippen LogP contribution in [0.3, 0.4) is 0 Å². The second-order valence-corrected chi connectivity index (χ2v) is 7.51. The lowest BCUT2D eigenvalue weighted by molar-refractivity contribution is 0.00361. The number of aliphatic hydroxyl groups is 1. The largest absolute Gasteiger partial charge is 0.494 e. The first-order valence-electron chi connectivity index (χ1n) is 12.0. The molecule has 0 saturated carbocycles. The highest BCUT2D eigenvalue weighted by Gasteiger charge is 1.98. The van der Waals surface area contributed by atoms with Gasteiger partial charge in [-0.25, -0.2) is 0 Å². The fourth-order valence-corrected chi connectivity index (χ4v) is 2.88. The van der Waals surface area contributed by atoms with Crippen LogP contribution in [0.1, 0.15) is 32.6 Å². The minimum absolute atomic E-state index is 0.0277. The van der Waals surface area contributed by atoms with Gasteiger partial charge in [-0.1, -0.05) is 26.2 Å². The van der Waals surface area contributed by atoms with Crippen LogP contribution in [0.25, 0.3) is 0 Å². The van der Waals surface area contributed by atoms with Gasteiger partial charge in [0.05, 0.1) is 64.2 Å². The van der Waals surface area contributed by atoms with Gasteiger partial charge in [0.25, 0.3) is 0 Å². The van der Waals surface area contributed by atoms with Gasteiger partial charge < -0.3 is 28.8 Å². The Balaban J connectivity index is 1.57. The maximum absolute atomic E-state index is 8.59. The molecule has 2 aromatic carbocycles. The van der Waals surface area contributed by atoms with E-state index in [4.69, 9.17) is 28.8 Å². The molecule has 0 amide bonds. The summed E-state index contributed by atoms with van der Waals surface area (Å²) < 4.78 is 27.3. The van der Waals surface area contributed by atoms with Gasteiger partial charge in [-0.3, -0.25) is 0 Å². The van der Waals surface area contributed by atoms with E-state index in [0.29, 0.717) is 46.2 Å². The van der Waals surface area contributed by atoms with Crippen molar-refractivity contribution < 1.29 is 28.8 Å². The van der Waals surface area contributed by atoms with E-state index in [1.807, 2.05) is 48.5 Å². The Hall–Kier alpha value is -2.52. The monoisotopic (exact) mass is 474 g/mol. The third-order valence-corrected chi connectivity index (χ3v) is 4.70. The first kappa shape index (κ1) is 27.7. The maximum Gasteiger partial charge on any atom is 0.119 e. The van der Waals surface area contributed by atoms with Crippen molar-refractivity contribution in [2.45, 2.75) is 32.6 Å². The van der Waals surface area contributed by atoms with Gasteiger partial charge >= 0.3 is 0 Å². The van der Waals surface area contributed by atoms with Gasteiger partial charge in [0.15, 0.2) is 0 Å². The molecule has 0 fully saturated rings. The molecule has 0 aliphatic carbocycles. The molecule has 0 unspecified atom stereocenters. The number of hydrogen-bond acceptors (Lipinski definition) is 8. The summed E-state index contributed by atoms with van der Waals surface area (Å²) in [6.45, 7) is 6.20. The van der Waals surface area contributed by atoms with Gasteiger partial charge in [-0.2, -0.15) is 10.2 Å². The summed E-state index contributed by atoms with van der Waals surface area (Å²) in [5, 5.41) is 17.1. The Labute approximate surface area is 202 Å². The second kappa shape index (κ2) is 18.9. The Morgan fingerprint density at radius 3 is 1.53 bits per heavy atom. The van der Waals surface area contributed by atoms with E-state index >= 15 is 0 Å². The van der Waals surface area contributed by atoms with Gasteiger partial charge in [0, 0.05) is 0 Å². The predicted octanol–water partition coefficient (Wildman–Crippen LogP) is 5.48. The normalized spacial score (nSPS) is 11.2. The molecule has 0 saturated heterocycles. The van der Waals surface area contributed by atoms with Gasteiger partial charge in [-0.15, -0.1) is 0 Å². The zero-order valence-electron chi connectivity index (χ0n) is 20.2. The molecule has 0 aromatic heterocycles. The standard InChI is InChI=1S/C26H38N2O6/c1-2-3-4-5-15-33-25-10-6-23(7-11-25)27-28-24-8-12-26(13-9-24)34-22-21-32-20-19-31-18-17-30-16-14-29/h6-13,29H,2-5,14-22H2,1H3. The Morgan fingerprint density at radius 1 is 0.559 bits per heavy atom. The molecule has 0 heterocycles. The lowest BCUT2D eigenvalue weighted by Gasteiger charge is -2.08. The van der Waals surface area contributed by atoms with Gasteiger partial charge in [0.1, 0.15) is 18.1 Å². The lowest BCUT2D eigenvalue weighted by Crippen LogP contribution is -2.13. The first-order valence-corrected chi connectivity index (χ1v) is 12.0. The van der Waals surface area contributed by atoms with Crippen LogP contribution in [-0.4, -0.2) is 64.6 Å². The Bertz CT molecular complexity index is 768. The Morgan fingerprint density at radius 2 is 1.03 bits per heavy atom. The highest BCUT2D eigenvalue weighted by atomic mass is 16.6. The minimum Gasteiger partial charge on any atom is -0.494 e. The number of benzene rings is 2. The molecule has 0 spiro atoms. The number of ether oxygens (including phenoxy) is 5. The second-order valence-electron chi connectivity index (χ2n) is 7.51. The molecule has 34 heavy (non-hydrogen) atoms. The van der Waals surface area contributed by atoms with Crippen LogP contribution in [0.5, 0.6) is 11.5 Å². The van der Waals surface area contributed by atoms with Gasteiger partial charge in [0.2, 0.25) is 0 Å². The van der Waals surface area contributed by atoms with Crippen molar-refractivity contribution in [1.82, 2.24) is 0 Å². The summed E-state index contributed by atoms with van der Waals surface area (Å²) in [5.41, 5.74) is 1.53. The molecule has 0 atom stereocenters. The first-order chi connectivity index (χ1) is 16.8. The van der Waals surface area contributed by atoms with E-state index < -0.39 is 0 Å². The molecule has 8 nitrogen and oxygen atoms in total. The number of aliphatic hydroxyl groups excluding tert-OH is 1. The zero-order valence-corrected chi connectivity index (χ0v) is 20.2. The summed E-state index contributed by atoms with van der Waals surface area (Å²) in [7, 11) is 0. The van der Waals surface area contributed by atoms with Crippen LogP contribution in [0, 0.1) is 0 Å². The molecule has 0 bridgehead atoms. The number of nitrogens with zero attached hydrogens (tertiary/aromatic N) is 2. The Kier molecular flexibility index (Phi) is 15.4. The van der Waals surface area contributed by atoms with E-state index in [2.05, 4.69) is 17.2 Å². The molecule has 0 aliphatic heterocycles. The van der Waals surface area contributed by atoms with Crippen LogP contribution in [0.15, 0.2) is 58.8 Å². The molecular weight excluding hydrogens is 436 g/mol. The molecule has 0 radical (unpaired) electrons. The van der Waals surface area contributed by atoms with E-state index in [9.17, 15) is 0 Å². The summed E-state index contributed by atoms with van der Waals surface area (Å²) >= 11 is 0. The van der Waals surface area contributed by atoms with Crippen molar-refractivity contribution in [1.29, 1.82) is 0 Å². The summed E-state index contributed by atoms with van der Waals surface area (Å²) in [6, 6.07) is 15.1. The molecule has 2 rings (SSSR count). The fourth-order valence-electron chi connectivity index (χ4n) is 2.88. The lowest BCUT2D eigenvalue weighted by atomic mass is 10.2. The SMILES string of the molecule is CCCCCCOc1ccc(N=Nc2ccc(OCCOCCOCCOCCO)cc2)cc1. The fraction of sp³-hybridized carbons (Fsp3) is 0.538. The van der Waals surface area contributed by atoms with Crippen molar-refractivity contribution in [2.24, 2.45) is 10.2 Å². The van der Waals surface area contributed by atoms with Crippen molar-refractivity contribution in [3.63, 3.8) is 0 Å². The minimum atomic E-state index is 0.0277. The van der Waals surface area contributed by atoms with Crippen LogP contribution < -0.4 is 9.47 Å². The quantitative estimate of drug-likeness (QED) is 0.202. The summed E-state index contributed by atoms with van der Waals surface area (Å²) in [6.07, 6.45) is 4.78. The van der Waals surface area contributed by atoms with Crippen molar-refractivity contribution in [3.05, 3.63) is 48.5 Å². The topological polar surface area (TPSA) is 91.1 Å². The highest BCUT2D eigenvalue weighted by molar-refractivity contribution is 5.44. The number of azo groups is 1. The van der Waals surface area contributed by atoms with Crippen LogP contribution >= 0.6 is 0 Å². The average Bonchev–Trinajstić information content (AvgIpc) is 2.87. The van der Waals surface area contributed by atoms with Crippen molar-refractivity contribution in [3.8, 4) is 11.5 Å². The smallest absolute Gasteiger partial charge is 0.119 e. The van der Waals surface area contributed by atoms with E-state index in [0.717, 1.165) is 35.9 Å². The summed E-state index contributed by atoms with van der Waals surface area (Å²) in [5.74, 6) is 1.61.